The molecule has 0 bridgehead atoms. The number of aryl methyl sites for hydroxylation is 1. The number of H-pyrrole nitrogens is 1. The normalized spacial score (nSPS) is 15.8. The minimum Gasteiger partial charge on any atom is -0.346 e. The first-order chi connectivity index (χ1) is 13.8. The van der Waals surface area contributed by atoms with Crippen LogP contribution in [0, 0.1) is 12.7 Å². The van der Waals surface area contributed by atoms with Crippen molar-refractivity contribution in [3.63, 3.8) is 0 Å². The summed E-state index contributed by atoms with van der Waals surface area (Å²) < 4.78 is 53.0. The molecule has 3 aromatic rings. The monoisotopic (exact) mass is 405 g/mol. The van der Waals surface area contributed by atoms with Gasteiger partial charge in [-0.3, -0.25) is 4.79 Å². The molecule has 0 radical (unpaired) electrons. The number of piperidine rings is 1. The molecule has 1 amide bonds. The summed E-state index contributed by atoms with van der Waals surface area (Å²) >= 11 is 0. The van der Waals surface area contributed by atoms with Crippen molar-refractivity contribution in [1.82, 2.24) is 14.9 Å². The van der Waals surface area contributed by atoms with Crippen molar-refractivity contribution in [1.29, 1.82) is 0 Å². The van der Waals surface area contributed by atoms with Crippen LogP contribution in [-0.4, -0.2) is 33.9 Å². The summed E-state index contributed by atoms with van der Waals surface area (Å²) in [6, 6.07) is 4.96. The number of nitrogens with zero attached hydrogens (tertiary/aromatic N) is 2. The van der Waals surface area contributed by atoms with Crippen LogP contribution in [0.3, 0.4) is 0 Å². The molecule has 0 unspecified atom stereocenters. The Morgan fingerprint density at radius 2 is 1.93 bits per heavy atom. The highest BCUT2D eigenvalue weighted by Crippen LogP contribution is 2.35. The van der Waals surface area contributed by atoms with Crippen molar-refractivity contribution in [2.45, 2.75) is 31.9 Å². The smallest absolute Gasteiger partial charge is 0.346 e. The van der Waals surface area contributed by atoms with Crippen molar-refractivity contribution in [3.05, 3.63) is 64.7 Å². The van der Waals surface area contributed by atoms with Crippen molar-refractivity contribution >= 4 is 16.9 Å². The Kier molecular flexibility index (Phi) is 4.80. The topological polar surface area (TPSA) is 49.0 Å². The van der Waals surface area contributed by atoms with E-state index in [2.05, 4.69) is 9.97 Å². The maximum absolute atomic E-state index is 14.4. The van der Waals surface area contributed by atoms with Crippen LogP contribution in [0.2, 0.25) is 0 Å². The number of halogens is 4. The first-order valence-corrected chi connectivity index (χ1v) is 9.34. The third kappa shape index (κ3) is 3.59. The van der Waals surface area contributed by atoms with E-state index in [0.717, 1.165) is 17.5 Å². The average molecular weight is 405 g/mol. The van der Waals surface area contributed by atoms with Crippen LogP contribution in [0.4, 0.5) is 17.6 Å². The Labute approximate surface area is 164 Å². The molecule has 1 saturated heterocycles. The number of rotatable bonds is 2. The van der Waals surface area contributed by atoms with Gasteiger partial charge in [0.25, 0.3) is 5.91 Å². The van der Waals surface area contributed by atoms with E-state index in [0.29, 0.717) is 42.7 Å². The number of alkyl halides is 3. The van der Waals surface area contributed by atoms with Gasteiger partial charge in [-0.25, -0.2) is 9.37 Å². The number of likely N-dealkylation sites (tertiary alicyclic amines) is 1. The van der Waals surface area contributed by atoms with Gasteiger partial charge in [0.1, 0.15) is 11.5 Å². The lowest BCUT2D eigenvalue weighted by Crippen LogP contribution is -2.38. The summed E-state index contributed by atoms with van der Waals surface area (Å²) in [6.07, 6.45) is -0.369. The summed E-state index contributed by atoms with van der Waals surface area (Å²) in [5.74, 6) is -0.703. The molecule has 3 heterocycles. The molecule has 0 atom stereocenters. The van der Waals surface area contributed by atoms with E-state index in [1.807, 2.05) is 0 Å². The van der Waals surface area contributed by atoms with Crippen LogP contribution in [0.25, 0.3) is 11.0 Å². The van der Waals surface area contributed by atoms with Gasteiger partial charge in [-0.1, -0.05) is 0 Å². The molecule has 1 fully saturated rings. The standard InChI is InChI=1S/C21H19F4N3O/c1-12-10-14(21(23,24)25)2-3-15(12)20(29)28-8-5-13(6-9-28)18-16-4-7-26-19(16)27-11-17(18)22/h2-4,7,10-11,13H,5-6,8-9H2,1H3,(H,26,27). The van der Waals surface area contributed by atoms with Gasteiger partial charge in [-0.2, -0.15) is 13.2 Å². The second kappa shape index (κ2) is 7.17. The zero-order chi connectivity index (χ0) is 20.8. The van der Waals surface area contributed by atoms with Crippen molar-refractivity contribution in [3.8, 4) is 0 Å². The summed E-state index contributed by atoms with van der Waals surface area (Å²) in [7, 11) is 0. The van der Waals surface area contributed by atoms with Crippen molar-refractivity contribution in [2.24, 2.45) is 0 Å². The second-order valence-corrected chi connectivity index (χ2v) is 7.35. The lowest BCUT2D eigenvalue weighted by atomic mass is 9.87. The first kappa shape index (κ1) is 19.4. The average Bonchev–Trinajstić information content (AvgIpc) is 3.15. The highest BCUT2D eigenvalue weighted by atomic mass is 19.4. The number of carbonyl (C=O) groups excluding carboxylic acids is 1. The van der Waals surface area contributed by atoms with Crippen LogP contribution in [-0.2, 0) is 6.18 Å². The Morgan fingerprint density at radius 1 is 1.21 bits per heavy atom. The van der Waals surface area contributed by atoms with Gasteiger partial charge < -0.3 is 9.88 Å². The Hall–Kier alpha value is -2.90. The Bertz CT molecular complexity index is 1070. The molecule has 152 valence electrons. The molecule has 1 aromatic carbocycles. The van der Waals surface area contributed by atoms with Gasteiger partial charge in [0.15, 0.2) is 0 Å². The van der Waals surface area contributed by atoms with Crippen LogP contribution in [0.1, 0.15) is 45.8 Å². The zero-order valence-corrected chi connectivity index (χ0v) is 15.7. The quantitative estimate of drug-likeness (QED) is 0.607. The molecule has 8 heteroatoms. The number of nitrogens with one attached hydrogen (secondary N) is 1. The van der Waals surface area contributed by atoms with Crippen LogP contribution < -0.4 is 0 Å². The van der Waals surface area contributed by atoms with Gasteiger partial charge >= 0.3 is 6.18 Å². The van der Waals surface area contributed by atoms with E-state index in [9.17, 15) is 22.4 Å². The van der Waals surface area contributed by atoms with E-state index in [1.165, 1.54) is 19.2 Å². The lowest BCUT2D eigenvalue weighted by molar-refractivity contribution is -0.137. The van der Waals surface area contributed by atoms with Crippen molar-refractivity contribution < 1.29 is 22.4 Å². The van der Waals surface area contributed by atoms with Gasteiger partial charge in [0.05, 0.1) is 11.8 Å². The summed E-state index contributed by atoms with van der Waals surface area (Å²) in [4.78, 5) is 21.5. The highest BCUT2D eigenvalue weighted by molar-refractivity contribution is 5.95. The maximum Gasteiger partial charge on any atom is 0.416 e. The molecule has 0 saturated carbocycles. The first-order valence-electron chi connectivity index (χ1n) is 9.34. The molecule has 0 aliphatic carbocycles. The number of aromatic nitrogens is 2. The van der Waals surface area contributed by atoms with Crippen LogP contribution >= 0.6 is 0 Å². The number of benzene rings is 1. The molecule has 4 rings (SSSR count). The minimum absolute atomic E-state index is 0.0472. The summed E-state index contributed by atoms with van der Waals surface area (Å²) in [5, 5.41) is 0.744. The van der Waals surface area contributed by atoms with Gasteiger partial charge in [-0.05, 0) is 55.5 Å². The third-order valence-corrected chi connectivity index (χ3v) is 5.55. The van der Waals surface area contributed by atoms with Gasteiger partial charge in [-0.15, -0.1) is 0 Å². The second-order valence-electron chi connectivity index (χ2n) is 7.35. The Balaban J connectivity index is 1.50. The number of carbonyl (C=O) groups is 1. The SMILES string of the molecule is Cc1cc(C(F)(F)F)ccc1C(=O)N1CCC(c2c(F)cnc3[nH]ccc23)CC1. The van der Waals surface area contributed by atoms with E-state index < -0.39 is 11.7 Å². The Morgan fingerprint density at radius 3 is 2.59 bits per heavy atom. The number of fused-ring (bicyclic) bond motifs is 1. The lowest BCUT2D eigenvalue weighted by Gasteiger charge is -2.33. The summed E-state index contributed by atoms with van der Waals surface area (Å²) in [6.45, 7) is 2.33. The van der Waals surface area contributed by atoms with Gasteiger partial charge in [0.2, 0.25) is 0 Å². The maximum atomic E-state index is 14.4. The fourth-order valence-electron chi connectivity index (χ4n) is 4.04. The van der Waals surface area contributed by atoms with Crippen LogP contribution in [0.15, 0.2) is 36.7 Å². The molecule has 1 N–H and O–H groups in total. The molecule has 0 spiro atoms. The highest BCUT2D eigenvalue weighted by Gasteiger charge is 2.32. The van der Waals surface area contributed by atoms with Crippen molar-refractivity contribution in [2.75, 3.05) is 13.1 Å². The van der Waals surface area contributed by atoms with Gasteiger partial charge in [0, 0.05) is 35.8 Å². The largest absolute Gasteiger partial charge is 0.416 e. The zero-order valence-electron chi connectivity index (χ0n) is 15.7. The number of amides is 1. The van der Waals surface area contributed by atoms with Crippen LogP contribution in [0.5, 0.6) is 0 Å². The fourth-order valence-corrected chi connectivity index (χ4v) is 4.04. The molecular formula is C21H19F4N3O. The number of pyridine rings is 1. The van der Waals surface area contributed by atoms with E-state index >= 15 is 0 Å². The predicted molar refractivity (Wildman–Crippen MR) is 100 cm³/mol. The number of hydrogen-bond donors (Lipinski definition) is 1. The third-order valence-electron chi connectivity index (χ3n) is 5.55. The summed E-state index contributed by atoms with van der Waals surface area (Å²) in [5.41, 5.74) is 1.02. The number of aromatic amines is 1. The molecule has 1 aliphatic rings. The minimum atomic E-state index is -4.44. The predicted octanol–water partition coefficient (Wildman–Crippen LogP) is 5.05. The van der Waals surface area contributed by atoms with E-state index in [-0.39, 0.29) is 23.2 Å². The van der Waals surface area contributed by atoms with E-state index in [1.54, 1.807) is 17.2 Å². The molecule has 2 aromatic heterocycles. The van der Waals surface area contributed by atoms with E-state index in [4.69, 9.17) is 0 Å². The number of hydrogen-bond acceptors (Lipinski definition) is 2. The fraction of sp³-hybridized carbons (Fsp3) is 0.333. The molecule has 4 nitrogen and oxygen atoms in total. The molecule has 29 heavy (non-hydrogen) atoms. The molecule has 1 aliphatic heterocycles. The molecular weight excluding hydrogens is 386 g/mol.